The van der Waals surface area contributed by atoms with Gasteiger partial charge in [-0.3, -0.25) is 4.79 Å². The molecule has 0 atom stereocenters. The van der Waals surface area contributed by atoms with Crippen LogP contribution in [0.2, 0.25) is 0 Å². The topological polar surface area (TPSA) is 26.3 Å². The molecule has 0 aliphatic heterocycles. The summed E-state index contributed by atoms with van der Waals surface area (Å²) in [5, 5.41) is 0. The Labute approximate surface area is 131 Å². The summed E-state index contributed by atoms with van der Waals surface area (Å²) >= 11 is 0. The van der Waals surface area contributed by atoms with Gasteiger partial charge in [0, 0.05) is 19.3 Å². The lowest BCUT2D eigenvalue weighted by Gasteiger charge is -1.99. The molecule has 0 spiro atoms. The van der Waals surface area contributed by atoms with Crippen molar-refractivity contribution in [3.05, 3.63) is 12.2 Å². The maximum atomic E-state index is 10.9. The van der Waals surface area contributed by atoms with Crippen LogP contribution in [0.1, 0.15) is 84.0 Å². The summed E-state index contributed by atoms with van der Waals surface area (Å²) in [6.45, 7) is 2.22. The molecule has 0 bridgehead atoms. The van der Waals surface area contributed by atoms with Crippen molar-refractivity contribution in [3.8, 4) is 11.8 Å². The van der Waals surface area contributed by atoms with Crippen molar-refractivity contribution < 1.29 is 9.53 Å². The van der Waals surface area contributed by atoms with E-state index in [1.807, 2.05) is 0 Å². The van der Waals surface area contributed by atoms with Crippen molar-refractivity contribution in [2.24, 2.45) is 0 Å². The zero-order chi connectivity index (χ0) is 15.6. The van der Waals surface area contributed by atoms with Crippen LogP contribution in [0.4, 0.5) is 0 Å². The lowest BCUT2D eigenvalue weighted by Crippen LogP contribution is -1.98. The molecule has 0 aromatic rings. The predicted molar refractivity (Wildman–Crippen MR) is 90.0 cm³/mol. The van der Waals surface area contributed by atoms with E-state index in [9.17, 15) is 4.79 Å². The molecule has 0 aromatic carbocycles. The number of rotatable bonds is 12. The van der Waals surface area contributed by atoms with Crippen LogP contribution in [0.25, 0.3) is 0 Å². The highest BCUT2D eigenvalue weighted by Gasteiger charge is 1.98. The Hall–Kier alpha value is -1.23. The van der Waals surface area contributed by atoms with E-state index in [2.05, 4.69) is 35.7 Å². The maximum absolute atomic E-state index is 10.9. The molecule has 2 heteroatoms. The molecule has 0 aliphatic carbocycles. The second-order valence-corrected chi connectivity index (χ2v) is 5.37. The van der Waals surface area contributed by atoms with Crippen molar-refractivity contribution >= 4 is 5.97 Å². The van der Waals surface area contributed by atoms with E-state index >= 15 is 0 Å². The Morgan fingerprint density at radius 3 is 2.48 bits per heavy atom. The molecule has 0 aromatic heterocycles. The quantitative estimate of drug-likeness (QED) is 0.208. The average Bonchev–Trinajstić information content (AvgIpc) is 2.50. The van der Waals surface area contributed by atoms with E-state index in [0.29, 0.717) is 6.42 Å². The highest BCUT2D eigenvalue weighted by molar-refractivity contribution is 5.68. The van der Waals surface area contributed by atoms with Crippen LogP contribution < -0.4 is 0 Å². The molecule has 0 saturated carbocycles. The van der Waals surface area contributed by atoms with Gasteiger partial charge < -0.3 is 4.74 Å². The van der Waals surface area contributed by atoms with Gasteiger partial charge in [0.2, 0.25) is 0 Å². The van der Waals surface area contributed by atoms with Gasteiger partial charge in [-0.15, -0.1) is 5.92 Å². The monoisotopic (exact) mass is 292 g/mol. The van der Waals surface area contributed by atoms with Crippen molar-refractivity contribution in [2.45, 2.75) is 84.0 Å². The van der Waals surface area contributed by atoms with Gasteiger partial charge >= 0.3 is 5.97 Å². The first-order valence-corrected chi connectivity index (χ1v) is 8.48. The van der Waals surface area contributed by atoms with Crippen LogP contribution in [0.5, 0.6) is 0 Å². The fourth-order valence-electron chi connectivity index (χ4n) is 2.05. The number of hydrogen-bond donors (Lipinski definition) is 0. The lowest BCUT2D eigenvalue weighted by molar-refractivity contribution is -0.140. The molecular formula is C19H32O2. The number of allylic oxidation sites excluding steroid dienone is 2. The molecule has 0 amide bonds. The molecule has 0 fully saturated rings. The van der Waals surface area contributed by atoms with E-state index in [-0.39, 0.29) is 5.97 Å². The second kappa shape index (κ2) is 16.8. The van der Waals surface area contributed by atoms with Gasteiger partial charge in [0.05, 0.1) is 7.11 Å². The predicted octanol–water partition coefficient (Wildman–Crippen LogP) is 5.42. The number of carbonyl (C=O) groups excluding carboxylic acids is 1. The molecule has 2 nitrogen and oxygen atoms in total. The Morgan fingerprint density at radius 1 is 0.952 bits per heavy atom. The number of unbranched alkanes of at least 4 members (excludes halogenated alkanes) is 8. The zero-order valence-corrected chi connectivity index (χ0v) is 14.0. The Kier molecular flexibility index (Phi) is 15.8. The lowest BCUT2D eigenvalue weighted by atomic mass is 10.1. The van der Waals surface area contributed by atoms with E-state index in [0.717, 1.165) is 32.1 Å². The molecule has 0 aliphatic rings. The van der Waals surface area contributed by atoms with Crippen LogP contribution >= 0.6 is 0 Å². The molecule has 0 N–H and O–H groups in total. The Morgan fingerprint density at radius 2 is 1.71 bits per heavy atom. The minimum Gasteiger partial charge on any atom is -0.469 e. The van der Waals surface area contributed by atoms with Crippen molar-refractivity contribution in [3.63, 3.8) is 0 Å². The molecule has 0 unspecified atom stereocenters. The fraction of sp³-hybridized carbons (Fsp3) is 0.737. The van der Waals surface area contributed by atoms with Crippen LogP contribution in [-0.4, -0.2) is 13.1 Å². The van der Waals surface area contributed by atoms with Crippen LogP contribution in [0.3, 0.4) is 0 Å². The van der Waals surface area contributed by atoms with Crippen LogP contribution in [0, 0.1) is 11.8 Å². The number of carbonyl (C=O) groups is 1. The van der Waals surface area contributed by atoms with Gasteiger partial charge in [-0.1, -0.05) is 57.1 Å². The first kappa shape index (κ1) is 19.8. The van der Waals surface area contributed by atoms with E-state index < -0.39 is 0 Å². The summed E-state index contributed by atoms with van der Waals surface area (Å²) in [6, 6.07) is 0. The number of ether oxygens (including phenoxy) is 1. The highest BCUT2D eigenvalue weighted by Crippen LogP contribution is 2.08. The summed E-state index contributed by atoms with van der Waals surface area (Å²) in [7, 11) is 1.45. The number of hydrogen-bond acceptors (Lipinski definition) is 2. The summed E-state index contributed by atoms with van der Waals surface area (Å²) < 4.78 is 4.61. The normalized spacial score (nSPS) is 10.4. The third-order valence-electron chi connectivity index (χ3n) is 3.40. The molecule has 21 heavy (non-hydrogen) atoms. The molecule has 0 rings (SSSR count). The average molecular weight is 292 g/mol. The standard InChI is InChI=1S/C19H32O2/c1-3-4-5-6-7-8-9-10-11-12-13-14-15-16-17-18-19(20)21-2/h10-11H,3-6,9,12-18H2,1-2H3/b11-10+. The van der Waals surface area contributed by atoms with Gasteiger partial charge in [-0.05, 0) is 25.7 Å². The van der Waals surface area contributed by atoms with Crippen molar-refractivity contribution in [2.75, 3.05) is 7.11 Å². The number of esters is 1. The summed E-state index contributed by atoms with van der Waals surface area (Å²) in [5.41, 5.74) is 0. The first-order valence-electron chi connectivity index (χ1n) is 8.48. The second-order valence-electron chi connectivity index (χ2n) is 5.37. The Bertz CT molecular complexity index is 320. The largest absolute Gasteiger partial charge is 0.469 e. The van der Waals surface area contributed by atoms with Crippen LogP contribution in [-0.2, 0) is 9.53 Å². The minimum absolute atomic E-state index is 0.0891. The number of methoxy groups -OCH3 is 1. The zero-order valence-electron chi connectivity index (χ0n) is 14.0. The smallest absolute Gasteiger partial charge is 0.305 e. The molecule has 0 saturated heterocycles. The summed E-state index contributed by atoms with van der Waals surface area (Å²) in [4.78, 5) is 10.9. The van der Waals surface area contributed by atoms with Gasteiger partial charge in [0.15, 0.2) is 0 Å². The van der Waals surface area contributed by atoms with Gasteiger partial charge in [-0.2, -0.15) is 0 Å². The fourth-order valence-corrected chi connectivity index (χ4v) is 2.05. The van der Waals surface area contributed by atoms with Gasteiger partial charge in [0.25, 0.3) is 0 Å². The molecular weight excluding hydrogens is 260 g/mol. The van der Waals surface area contributed by atoms with Gasteiger partial charge in [-0.25, -0.2) is 0 Å². The maximum Gasteiger partial charge on any atom is 0.305 e. The van der Waals surface area contributed by atoms with Crippen LogP contribution in [0.15, 0.2) is 12.2 Å². The molecule has 0 radical (unpaired) electrons. The third kappa shape index (κ3) is 16.7. The van der Waals surface area contributed by atoms with Gasteiger partial charge in [0.1, 0.15) is 0 Å². The van der Waals surface area contributed by atoms with Crippen molar-refractivity contribution in [1.82, 2.24) is 0 Å². The highest BCUT2D eigenvalue weighted by atomic mass is 16.5. The molecule has 0 heterocycles. The summed E-state index contributed by atoms with van der Waals surface area (Å²) in [6.07, 6.45) is 17.7. The summed E-state index contributed by atoms with van der Waals surface area (Å²) in [5.74, 6) is 6.33. The van der Waals surface area contributed by atoms with E-state index in [1.54, 1.807) is 0 Å². The first-order chi connectivity index (χ1) is 10.3. The molecule has 120 valence electrons. The van der Waals surface area contributed by atoms with E-state index in [4.69, 9.17) is 0 Å². The van der Waals surface area contributed by atoms with E-state index in [1.165, 1.54) is 45.6 Å². The minimum atomic E-state index is -0.0891. The van der Waals surface area contributed by atoms with Crippen molar-refractivity contribution in [1.29, 1.82) is 0 Å². The SMILES string of the molecule is CCCCCC#CC/C=C/CCCCCCCC(=O)OC. The Balaban J connectivity index is 3.23. The third-order valence-corrected chi connectivity index (χ3v) is 3.40.